The summed E-state index contributed by atoms with van der Waals surface area (Å²) in [5.41, 5.74) is 2.12. The molecule has 24 heavy (non-hydrogen) atoms. The normalized spacial score (nSPS) is 10.7. The van der Waals surface area contributed by atoms with Crippen molar-refractivity contribution in [2.45, 2.75) is 33.2 Å². The Morgan fingerprint density at radius 3 is 2.33 bits per heavy atom. The van der Waals surface area contributed by atoms with Crippen LogP contribution < -0.4 is 10.9 Å². The lowest BCUT2D eigenvalue weighted by atomic mass is 10.0. The monoisotopic (exact) mass is 370 g/mol. The lowest BCUT2D eigenvalue weighted by Gasteiger charge is -2.14. The minimum Gasteiger partial charge on any atom is -0.378 e. The largest absolute Gasteiger partial charge is 0.378 e. The van der Waals surface area contributed by atoms with E-state index < -0.39 is 4.92 Å². The Labute approximate surface area is 148 Å². The van der Waals surface area contributed by atoms with Gasteiger partial charge in [-0.05, 0) is 18.4 Å². The minimum absolute atomic E-state index is 0.119. The Morgan fingerprint density at radius 2 is 1.83 bits per heavy atom. The molecule has 0 radical (unpaired) electrons. The lowest BCUT2D eigenvalue weighted by molar-refractivity contribution is -0.384. The number of halogens is 2. The third-order valence-electron chi connectivity index (χ3n) is 3.65. The van der Waals surface area contributed by atoms with Crippen LogP contribution in [-0.4, -0.2) is 15.1 Å². The number of aryl methyl sites for hydroxylation is 1. The van der Waals surface area contributed by atoms with Crippen LogP contribution in [0.15, 0.2) is 16.9 Å². The summed E-state index contributed by atoms with van der Waals surface area (Å²) in [6, 6.07) is 2.43. The van der Waals surface area contributed by atoms with Crippen LogP contribution in [0.5, 0.6) is 0 Å². The van der Waals surface area contributed by atoms with Gasteiger partial charge in [-0.3, -0.25) is 14.9 Å². The van der Waals surface area contributed by atoms with Crippen LogP contribution in [0, 0.1) is 10.1 Å². The molecule has 0 aliphatic rings. The first kappa shape index (κ1) is 18.2. The van der Waals surface area contributed by atoms with Gasteiger partial charge in [0.15, 0.2) is 0 Å². The van der Waals surface area contributed by atoms with Gasteiger partial charge in [-0.1, -0.05) is 37.0 Å². The van der Waals surface area contributed by atoms with Gasteiger partial charge < -0.3 is 5.32 Å². The number of nitro groups is 1. The maximum absolute atomic E-state index is 12.1. The summed E-state index contributed by atoms with van der Waals surface area (Å²) in [6.45, 7) is 4.09. The van der Waals surface area contributed by atoms with Gasteiger partial charge in [-0.15, -0.1) is 0 Å². The number of hydrogen-bond acceptors (Lipinski definition) is 5. The highest BCUT2D eigenvalue weighted by molar-refractivity contribution is 6.39. The summed E-state index contributed by atoms with van der Waals surface area (Å²) in [4.78, 5) is 22.3. The van der Waals surface area contributed by atoms with Crippen LogP contribution in [0.25, 0.3) is 0 Å². The van der Waals surface area contributed by atoms with Crippen LogP contribution in [0.3, 0.4) is 0 Å². The Hall–Kier alpha value is -2.12. The maximum atomic E-state index is 12.1. The molecule has 0 saturated carbocycles. The number of H-pyrrole nitrogens is 1. The third-order valence-corrected chi connectivity index (χ3v) is 4.24. The average Bonchev–Trinajstić information content (AvgIpc) is 2.54. The van der Waals surface area contributed by atoms with Crippen LogP contribution in [0.1, 0.15) is 30.7 Å². The van der Waals surface area contributed by atoms with Gasteiger partial charge in [0, 0.05) is 24.2 Å². The van der Waals surface area contributed by atoms with Crippen molar-refractivity contribution in [3.05, 3.63) is 59.5 Å². The van der Waals surface area contributed by atoms with Gasteiger partial charge in [-0.25, -0.2) is 5.10 Å². The van der Waals surface area contributed by atoms with E-state index in [9.17, 15) is 14.9 Å². The molecule has 1 aromatic carbocycles. The second kappa shape index (κ2) is 7.63. The number of nitro benzene ring substituents is 1. The third kappa shape index (κ3) is 3.68. The highest BCUT2D eigenvalue weighted by Gasteiger charge is 2.16. The van der Waals surface area contributed by atoms with Gasteiger partial charge in [0.1, 0.15) is 0 Å². The predicted octanol–water partition coefficient (Wildman–Crippen LogP) is 3.72. The second-order valence-electron chi connectivity index (χ2n) is 5.06. The number of non-ortho nitro benzene ring substituents is 1. The summed E-state index contributed by atoms with van der Waals surface area (Å²) in [7, 11) is 0. The fraction of sp³-hybridized carbons (Fsp3) is 0.333. The van der Waals surface area contributed by atoms with E-state index in [2.05, 4.69) is 15.5 Å². The zero-order chi connectivity index (χ0) is 17.9. The van der Waals surface area contributed by atoms with E-state index in [1.807, 2.05) is 13.8 Å². The molecular weight excluding hydrogens is 355 g/mol. The molecule has 0 spiro atoms. The summed E-state index contributed by atoms with van der Waals surface area (Å²) in [5.74, 6) is 0. The summed E-state index contributed by atoms with van der Waals surface area (Å²) in [5, 5.41) is 20.6. The van der Waals surface area contributed by atoms with E-state index in [1.54, 1.807) is 0 Å². The summed E-state index contributed by atoms with van der Waals surface area (Å²) in [6.07, 6.45) is 1.37. The van der Waals surface area contributed by atoms with E-state index in [0.717, 1.165) is 11.3 Å². The van der Waals surface area contributed by atoms with Crippen molar-refractivity contribution in [3.63, 3.8) is 0 Å². The first-order valence-electron chi connectivity index (χ1n) is 7.35. The molecule has 0 fully saturated rings. The second-order valence-corrected chi connectivity index (χ2v) is 5.87. The number of nitrogens with one attached hydrogen (secondary N) is 2. The predicted molar refractivity (Wildman–Crippen MR) is 94.1 cm³/mol. The van der Waals surface area contributed by atoms with Crippen molar-refractivity contribution in [2.24, 2.45) is 0 Å². The Bertz CT molecular complexity index is 813. The van der Waals surface area contributed by atoms with Crippen LogP contribution in [-0.2, 0) is 19.4 Å². The molecule has 0 amide bonds. The average molecular weight is 371 g/mol. The molecule has 0 saturated heterocycles. The number of aromatic nitrogens is 2. The van der Waals surface area contributed by atoms with Crippen molar-refractivity contribution < 1.29 is 4.92 Å². The zero-order valence-corrected chi connectivity index (χ0v) is 14.7. The van der Waals surface area contributed by atoms with E-state index in [-0.39, 0.29) is 27.8 Å². The Morgan fingerprint density at radius 1 is 1.21 bits per heavy atom. The Kier molecular flexibility index (Phi) is 5.80. The van der Waals surface area contributed by atoms with E-state index in [0.29, 0.717) is 24.1 Å². The van der Waals surface area contributed by atoms with Crippen LogP contribution >= 0.6 is 23.2 Å². The molecule has 128 valence electrons. The van der Waals surface area contributed by atoms with Crippen molar-refractivity contribution in [1.82, 2.24) is 10.2 Å². The summed E-state index contributed by atoms with van der Waals surface area (Å²) >= 11 is 12.1. The molecule has 0 aliphatic carbocycles. The minimum atomic E-state index is -0.572. The number of hydrogen-bond donors (Lipinski definition) is 2. The van der Waals surface area contributed by atoms with Gasteiger partial charge in [0.25, 0.3) is 11.2 Å². The first-order valence-corrected chi connectivity index (χ1v) is 8.11. The number of anilines is 1. The van der Waals surface area contributed by atoms with Gasteiger partial charge in [-0.2, -0.15) is 5.10 Å². The molecule has 0 aliphatic heterocycles. The zero-order valence-electron chi connectivity index (χ0n) is 13.2. The molecule has 1 aromatic heterocycles. The lowest BCUT2D eigenvalue weighted by Crippen LogP contribution is -2.22. The Balaban J connectivity index is 2.36. The highest BCUT2D eigenvalue weighted by atomic mass is 35.5. The number of nitrogens with zero attached hydrogens (tertiary/aromatic N) is 2. The molecular formula is C15H16Cl2N4O3. The maximum Gasteiger partial charge on any atom is 0.272 e. The van der Waals surface area contributed by atoms with E-state index in [1.165, 1.54) is 12.1 Å². The van der Waals surface area contributed by atoms with Gasteiger partial charge >= 0.3 is 0 Å². The fourth-order valence-corrected chi connectivity index (χ4v) is 3.08. The number of rotatable bonds is 6. The molecule has 7 nitrogen and oxygen atoms in total. The number of benzene rings is 1. The number of aromatic amines is 1. The molecule has 9 heteroatoms. The van der Waals surface area contributed by atoms with Crippen LogP contribution in [0.4, 0.5) is 11.4 Å². The summed E-state index contributed by atoms with van der Waals surface area (Å²) < 4.78 is 0. The first-order chi connectivity index (χ1) is 11.4. The topological polar surface area (TPSA) is 101 Å². The molecule has 2 aromatic rings. The molecule has 0 atom stereocenters. The highest BCUT2D eigenvalue weighted by Crippen LogP contribution is 2.35. The molecule has 2 rings (SSSR count). The van der Waals surface area contributed by atoms with Crippen LogP contribution in [0.2, 0.25) is 10.0 Å². The molecule has 1 heterocycles. The van der Waals surface area contributed by atoms with Crippen molar-refractivity contribution >= 4 is 34.6 Å². The van der Waals surface area contributed by atoms with Crippen molar-refractivity contribution in [3.8, 4) is 0 Å². The van der Waals surface area contributed by atoms with Crippen molar-refractivity contribution in [2.75, 3.05) is 5.32 Å². The standard InChI is InChI=1S/C15H16Cl2N4O3/c1-3-9-10(15(22)20-19-13(9)4-2)7-18-14-11(16)5-8(21(23)24)6-12(14)17/h5-6,18H,3-4,7H2,1-2H3,(H,20,22). The molecule has 0 bridgehead atoms. The quantitative estimate of drug-likeness (QED) is 0.595. The molecule has 0 unspecified atom stereocenters. The smallest absolute Gasteiger partial charge is 0.272 e. The molecule has 2 N–H and O–H groups in total. The van der Waals surface area contributed by atoms with Gasteiger partial charge in [0.2, 0.25) is 0 Å². The fourth-order valence-electron chi connectivity index (χ4n) is 2.47. The van der Waals surface area contributed by atoms with E-state index in [4.69, 9.17) is 23.2 Å². The van der Waals surface area contributed by atoms with Crippen molar-refractivity contribution in [1.29, 1.82) is 0 Å². The SMILES string of the molecule is CCc1n[nH]c(=O)c(CNc2c(Cl)cc([N+](=O)[O-])cc2Cl)c1CC. The van der Waals surface area contributed by atoms with E-state index >= 15 is 0 Å². The van der Waals surface area contributed by atoms with Gasteiger partial charge in [0.05, 0.1) is 26.3 Å².